The zero-order valence-electron chi connectivity index (χ0n) is 12.2. The Kier molecular flexibility index (Phi) is 4.20. The van der Waals surface area contributed by atoms with E-state index in [2.05, 4.69) is 4.98 Å². The Bertz CT molecular complexity index is 675. The second-order valence-electron chi connectivity index (χ2n) is 5.47. The third-order valence-corrected chi connectivity index (χ3v) is 4.07. The lowest BCUT2D eigenvalue weighted by Crippen LogP contribution is -2.24. The fourth-order valence-corrected chi connectivity index (χ4v) is 2.84. The quantitative estimate of drug-likeness (QED) is 0.865. The van der Waals surface area contributed by atoms with E-state index in [0.717, 1.165) is 26.1 Å². The number of fused-ring (bicyclic) bond motifs is 1. The summed E-state index contributed by atoms with van der Waals surface area (Å²) in [7, 11) is 1.59. The SMILES string of the molecule is COc1cccc2c(=O)n(CCC3CCCOC3)cnc12. The van der Waals surface area contributed by atoms with Crippen molar-refractivity contribution in [2.45, 2.75) is 25.8 Å². The van der Waals surface area contributed by atoms with E-state index in [1.54, 1.807) is 24.1 Å². The number of benzene rings is 1. The molecular weight excluding hydrogens is 268 g/mol. The highest BCUT2D eigenvalue weighted by Crippen LogP contribution is 2.21. The van der Waals surface area contributed by atoms with Crippen LogP contribution in [0.4, 0.5) is 0 Å². The summed E-state index contributed by atoms with van der Waals surface area (Å²) in [6, 6.07) is 5.44. The molecule has 3 rings (SSSR count). The van der Waals surface area contributed by atoms with Crippen LogP contribution in [0.3, 0.4) is 0 Å². The fraction of sp³-hybridized carbons (Fsp3) is 0.500. The molecule has 0 N–H and O–H groups in total. The Morgan fingerprint density at radius 1 is 1.48 bits per heavy atom. The van der Waals surface area contributed by atoms with Gasteiger partial charge in [-0.25, -0.2) is 4.98 Å². The number of nitrogens with zero attached hydrogens (tertiary/aromatic N) is 2. The van der Waals surface area contributed by atoms with Gasteiger partial charge < -0.3 is 9.47 Å². The largest absolute Gasteiger partial charge is 0.494 e. The molecule has 1 fully saturated rings. The Hall–Kier alpha value is -1.88. The third kappa shape index (κ3) is 2.93. The molecule has 0 aliphatic carbocycles. The molecule has 1 saturated heterocycles. The van der Waals surface area contributed by atoms with E-state index in [0.29, 0.717) is 29.1 Å². The van der Waals surface area contributed by atoms with Gasteiger partial charge in [0.1, 0.15) is 11.3 Å². The number of methoxy groups -OCH3 is 1. The molecule has 1 aromatic heterocycles. The first-order valence-electron chi connectivity index (χ1n) is 7.39. The van der Waals surface area contributed by atoms with Gasteiger partial charge in [0.15, 0.2) is 0 Å². The number of ether oxygens (including phenoxy) is 2. The third-order valence-electron chi connectivity index (χ3n) is 4.07. The lowest BCUT2D eigenvalue weighted by atomic mass is 9.99. The number of hydrogen-bond donors (Lipinski definition) is 0. The lowest BCUT2D eigenvalue weighted by Gasteiger charge is -2.22. The van der Waals surface area contributed by atoms with Crippen LogP contribution in [0.15, 0.2) is 29.3 Å². The first-order chi connectivity index (χ1) is 10.3. The van der Waals surface area contributed by atoms with E-state index in [1.165, 1.54) is 6.42 Å². The molecule has 21 heavy (non-hydrogen) atoms. The maximum Gasteiger partial charge on any atom is 0.261 e. The Labute approximate surface area is 123 Å². The van der Waals surface area contributed by atoms with Gasteiger partial charge in [0.05, 0.1) is 18.8 Å². The van der Waals surface area contributed by atoms with Crippen molar-refractivity contribution in [3.8, 4) is 5.75 Å². The molecule has 112 valence electrons. The summed E-state index contributed by atoms with van der Waals surface area (Å²) in [4.78, 5) is 16.9. The van der Waals surface area contributed by atoms with Crippen molar-refractivity contribution in [3.05, 3.63) is 34.9 Å². The van der Waals surface area contributed by atoms with Gasteiger partial charge in [-0.15, -0.1) is 0 Å². The Morgan fingerprint density at radius 3 is 3.14 bits per heavy atom. The summed E-state index contributed by atoms with van der Waals surface area (Å²) < 4.78 is 12.4. The second kappa shape index (κ2) is 6.26. The van der Waals surface area contributed by atoms with Crippen LogP contribution in [0.25, 0.3) is 10.9 Å². The zero-order chi connectivity index (χ0) is 14.7. The summed E-state index contributed by atoms with van der Waals surface area (Å²) in [5, 5.41) is 0.608. The predicted molar refractivity (Wildman–Crippen MR) is 80.7 cm³/mol. The molecule has 5 nitrogen and oxygen atoms in total. The van der Waals surface area contributed by atoms with Gasteiger partial charge in [0.2, 0.25) is 0 Å². The molecule has 1 aliphatic heterocycles. The van der Waals surface area contributed by atoms with Gasteiger partial charge in [-0.05, 0) is 37.3 Å². The summed E-state index contributed by atoms with van der Waals surface area (Å²) in [6.45, 7) is 2.37. The number of aryl methyl sites for hydroxylation is 1. The molecule has 0 radical (unpaired) electrons. The van der Waals surface area contributed by atoms with Crippen molar-refractivity contribution < 1.29 is 9.47 Å². The van der Waals surface area contributed by atoms with Gasteiger partial charge >= 0.3 is 0 Å². The minimum atomic E-state index is -0.00405. The average Bonchev–Trinajstić information content (AvgIpc) is 2.55. The molecule has 0 spiro atoms. The van der Waals surface area contributed by atoms with E-state index >= 15 is 0 Å². The van der Waals surface area contributed by atoms with Gasteiger partial charge in [-0.2, -0.15) is 0 Å². The van der Waals surface area contributed by atoms with Crippen LogP contribution in [0.1, 0.15) is 19.3 Å². The van der Waals surface area contributed by atoms with Crippen molar-refractivity contribution in [1.29, 1.82) is 0 Å². The maximum atomic E-state index is 12.5. The number of aromatic nitrogens is 2. The minimum absolute atomic E-state index is 0.00405. The van der Waals surface area contributed by atoms with Crippen LogP contribution >= 0.6 is 0 Å². The highest BCUT2D eigenvalue weighted by Gasteiger charge is 2.15. The van der Waals surface area contributed by atoms with E-state index in [9.17, 15) is 4.79 Å². The van der Waals surface area contributed by atoms with Crippen molar-refractivity contribution in [1.82, 2.24) is 9.55 Å². The van der Waals surface area contributed by atoms with Crippen molar-refractivity contribution in [2.75, 3.05) is 20.3 Å². The molecule has 0 amide bonds. The highest BCUT2D eigenvalue weighted by molar-refractivity contribution is 5.83. The fourth-order valence-electron chi connectivity index (χ4n) is 2.84. The first kappa shape index (κ1) is 14.1. The van der Waals surface area contributed by atoms with Crippen LogP contribution in [0.2, 0.25) is 0 Å². The zero-order valence-corrected chi connectivity index (χ0v) is 12.2. The van der Waals surface area contributed by atoms with Crippen molar-refractivity contribution in [2.24, 2.45) is 5.92 Å². The summed E-state index contributed by atoms with van der Waals surface area (Å²) in [6.07, 6.45) is 4.88. The van der Waals surface area contributed by atoms with E-state index in [4.69, 9.17) is 9.47 Å². The minimum Gasteiger partial charge on any atom is -0.494 e. The number of para-hydroxylation sites is 1. The molecule has 1 atom stereocenters. The maximum absolute atomic E-state index is 12.5. The highest BCUT2D eigenvalue weighted by atomic mass is 16.5. The van der Waals surface area contributed by atoms with E-state index in [1.807, 2.05) is 12.1 Å². The van der Waals surface area contributed by atoms with Crippen LogP contribution in [0, 0.1) is 5.92 Å². The van der Waals surface area contributed by atoms with E-state index in [-0.39, 0.29) is 5.56 Å². The second-order valence-corrected chi connectivity index (χ2v) is 5.47. The van der Waals surface area contributed by atoms with E-state index < -0.39 is 0 Å². The van der Waals surface area contributed by atoms with Gasteiger partial charge in [-0.1, -0.05) is 6.07 Å². The molecule has 0 saturated carbocycles. The predicted octanol–water partition coefficient (Wildman–Crippen LogP) is 2.22. The molecule has 5 heteroatoms. The molecule has 1 aromatic carbocycles. The smallest absolute Gasteiger partial charge is 0.261 e. The average molecular weight is 288 g/mol. The topological polar surface area (TPSA) is 53.4 Å². The monoisotopic (exact) mass is 288 g/mol. The van der Waals surface area contributed by atoms with Crippen LogP contribution in [-0.2, 0) is 11.3 Å². The normalized spacial score (nSPS) is 18.8. The Morgan fingerprint density at radius 2 is 2.38 bits per heavy atom. The standard InChI is InChI=1S/C16H20N2O3/c1-20-14-6-2-5-13-15(14)17-11-18(16(13)19)8-7-12-4-3-9-21-10-12/h2,5-6,11-12H,3-4,7-10H2,1H3. The number of rotatable bonds is 4. The van der Waals surface area contributed by atoms with Crippen LogP contribution in [-0.4, -0.2) is 29.9 Å². The molecule has 1 aliphatic rings. The molecule has 0 bridgehead atoms. The van der Waals surface area contributed by atoms with Crippen LogP contribution in [0.5, 0.6) is 5.75 Å². The molecule has 1 unspecified atom stereocenters. The van der Waals surface area contributed by atoms with Gasteiger partial charge in [-0.3, -0.25) is 9.36 Å². The molecular formula is C16H20N2O3. The molecule has 2 heterocycles. The van der Waals surface area contributed by atoms with Crippen molar-refractivity contribution >= 4 is 10.9 Å². The van der Waals surface area contributed by atoms with Gasteiger partial charge in [0.25, 0.3) is 5.56 Å². The summed E-state index contributed by atoms with van der Waals surface area (Å²) in [5.41, 5.74) is 0.623. The molecule has 2 aromatic rings. The summed E-state index contributed by atoms with van der Waals surface area (Å²) in [5.74, 6) is 1.18. The van der Waals surface area contributed by atoms with Crippen LogP contribution < -0.4 is 10.3 Å². The lowest BCUT2D eigenvalue weighted by molar-refractivity contribution is 0.0499. The number of hydrogen-bond acceptors (Lipinski definition) is 4. The first-order valence-corrected chi connectivity index (χ1v) is 7.39. The summed E-state index contributed by atoms with van der Waals surface area (Å²) >= 11 is 0. The Balaban J connectivity index is 1.83. The van der Waals surface area contributed by atoms with Crippen molar-refractivity contribution in [3.63, 3.8) is 0 Å². The van der Waals surface area contributed by atoms with Gasteiger partial charge in [0, 0.05) is 19.8 Å².